The molecule has 0 aliphatic heterocycles. The molecule has 26 heavy (non-hydrogen) atoms. The molecule has 0 N–H and O–H groups in total. The van der Waals surface area contributed by atoms with Crippen molar-refractivity contribution in [3.8, 4) is 11.1 Å². The van der Waals surface area contributed by atoms with Gasteiger partial charge in [-0.3, -0.25) is 0 Å². The Morgan fingerprint density at radius 1 is 0.385 bits per heavy atom. The Labute approximate surface area is 152 Å². The van der Waals surface area contributed by atoms with Crippen molar-refractivity contribution in [2.24, 2.45) is 0 Å². The Balaban J connectivity index is 1.84. The van der Waals surface area contributed by atoms with Crippen molar-refractivity contribution in [2.75, 3.05) is 0 Å². The van der Waals surface area contributed by atoms with Gasteiger partial charge >= 0.3 is 0 Å². The first-order chi connectivity index (χ1) is 12.9. The van der Waals surface area contributed by atoms with Crippen molar-refractivity contribution in [1.82, 2.24) is 0 Å². The summed E-state index contributed by atoms with van der Waals surface area (Å²) in [5.41, 5.74) is 5.79. The van der Waals surface area contributed by atoms with E-state index in [4.69, 9.17) is 0 Å². The maximum absolute atomic E-state index is 2.45. The normalized spacial score (nSPS) is 13.1. The number of aryl methyl sites for hydroxylation is 2. The molecule has 0 aromatic heterocycles. The summed E-state index contributed by atoms with van der Waals surface area (Å²) in [6.07, 6.45) is 2.27. The van der Waals surface area contributed by atoms with E-state index in [9.17, 15) is 0 Å². The fourth-order valence-electron chi connectivity index (χ4n) is 4.72. The average Bonchev–Trinajstić information content (AvgIpc) is 2.73. The van der Waals surface area contributed by atoms with Gasteiger partial charge in [-0.25, -0.2) is 0 Å². The minimum atomic E-state index is 1.13. The van der Waals surface area contributed by atoms with Crippen LogP contribution in [0, 0.1) is 0 Å². The minimum absolute atomic E-state index is 1.13. The molecule has 0 saturated heterocycles. The highest BCUT2D eigenvalue weighted by Gasteiger charge is 2.18. The SMILES string of the molecule is c1ccc2c(c1)CCc1cc3c4ccccc4c4ccccc4c3cc1-2. The molecule has 5 aromatic rings. The van der Waals surface area contributed by atoms with Crippen molar-refractivity contribution in [1.29, 1.82) is 0 Å². The number of benzene rings is 5. The van der Waals surface area contributed by atoms with Gasteiger partial charge in [0.25, 0.3) is 0 Å². The second-order valence-corrected chi connectivity index (χ2v) is 7.30. The van der Waals surface area contributed by atoms with Crippen LogP contribution in [0.25, 0.3) is 43.4 Å². The van der Waals surface area contributed by atoms with Crippen LogP contribution in [0.3, 0.4) is 0 Å². The molecule has 0 atom stereocenters. The second kappa shape index (κ2) is 5.19. The monoisotopic (exact) mass is 330 g/mol. The van der Waals surface area contributed by atoms with Gasteiger partial charge in [-0.2, -0.15) is 0 Å². The van der Waals surface area contributed by atoms with Crippen LogP contribution in [0.2, 0.25) is 0 Å². The maximum atomic E-state index is 2.45. The zero-order valence-electron chi connectivity index (χ0n) is 14.5. The van der Waals surface area contributed by atoms with Gasteiger partial charge in [-0.1, -0.05) is 72.8 Å². The van der Waals surface area contributed by atoms with Crippen LogP contribution >= 0.6 is 0 Å². The topological polar surface area (TPSA) is 0 Å². The average molecular weight is 330 g/mol. The number of fused-ring (bicyclic) bond motifs is 9. The molecule has 0 unspecified atom stereocenters. The smallest absolute Gasteiger partial charge is 0.00926 e. The summed E-state index contributed by atoms with van der Waals surface area (Å²) >= 11 is 0. The highest BCUT2D eigenvalue weighted by molar-refractivity contribution is 6.26. The zero-order chi connectivity index (χ0) is 17.1. The third kappa shape index (κ3) is 1.84. The first-order valence-electron chi connectivity index (χ1n) is 9.34. The van der Waals surface area contributed by atoms with Crippen LogP contribution < -0.4 is 0 Å². The molecule has 0 amide bonds. The van der Waals surface area contributed by atoms with E-state index in [2.05, 4.69) is 84.9 Å². The van der Waals surface area contributed by atoms with Gasteiger partial charge in [-0.05, 0) is 79.5 Å². The molecule has 0 radical (unpaired) electrons. The lowest BCUT2D eigenvalue weighted by Gasteiger charge is -2.22. The second-order valence-electron chi connectivity index (χ2n) is 7.30. The molecule has 6 rings (SSSR count). The van der Waals surface area contributed by atoms with E-state index in [-0.39, 0.29) is 0 Å². The van der Waals surface area contributed by atoms with E-state index in [1.807, 2.05) is 0 Å². The molecule has 0 nitrogen and oxygen atoms in total. The van der Waals surface area contributed by atoms with E-state index in [1.54, 1.807) is 0 Å². The largest absolute Gasteiger partial charge is 0.0620 e. The molecular weight excluding hydrogens is 312 g/mol. The van der Waals surface area contributed by atoms with Crippen LogP contribution in [0.4, 0.5) is 0 Å². The lowest BCUT2D eigenvalue weighted by Crippen LogP contribution is -2.03. The van der Waals surface area contributed by atoms with E-state index < -0.39 is 0 Å². The molecule has 0 heteroatoms. The Morgan fingerprint density at radius 3 is 1.58 bits per heavy atom. The summed E-state index contributed by atoms with van der Waals surface area (Å²) in [5.74, 6) is 0. The Bertz CT molecular complexity index is 1320. The predicted octanol–water partition coefficient (Wildman–Crippen LogP) is 6.91. The van der Waals surface area contributed by atoms with Gasteiger partial charge in [0.1, 0.15) is 0 Å². The van der Waals surface area contributed by atoms with Gasteiger partial charge in [0, 0.05) is 0 Å². The van der Waals surface area contributed by atoms with E-state index in [1.165, 1.54) is 54.6 Å². The molecule has 1 aliphatic rings. The van der Waals surface area contributed by atoms with Crippen LogP contribution in [0.15, 0.2) is 84.9 Å². The van der Waals surface area contributed by atoms with Gasteiger partial charge in [0.2, 0.25) is 0 Å². The summed E-state index contributed by atoms with van der Waals surface area (Å²) in [6, 6.07) is 31.4. The van der Waals surface area contributed by atoms with Crippen LogP contribution in [-0.4, -0.2) is 0 Å². The minimum Gasteiger partial charge on any atom is -0.0620 e. The summed E-state index contributed by atoms with van der Waals surface area (Å²) in [6.45, 7) is 0. The third-order valence-electron chi connectivity index (χ3n) is 5.94. The summed E-state index contributed by atoms with van der Waals surface area (Å²) in [4.78, 5) is 0. The zero-order valence-corrected chi connectivity index (χ0v) is 14.5. The van der Waals surface area contributed by atoms with Crippen molar-refractivity contribution >= 4 is 32.3 Å². The highest BCUT2D eigenvalue weighted by atomic mass is 14.2. The quantitative estimate of drug-likeness (QED) is 0.271. The molecule has 5 aromatic carbocycles. The lowest BCUT2D eigenvalue weighted by molar-refractivity contribution is 0.944. The van der Waals surface area contributed by atoms with Crippen LogP contribution in [0.5, 0.6) is 0 Å². The molecule has 1 aliphatic carbocycles. The first-order valence-corrected chi connectivity index (χ1v) is 9.34. The predicted molar refractivity (Wildman–Crippen MR) is 112 cm³/mol. The van der Waals surface area contributed by atoms with Gasteiger partial charge in [-0.15, -0.1) is 0 Å². The fraction of sp³-hybridized carbons (Fsp3) is 0.0769. The van der Waals surface area contributed by atoms with Gasteiger partial charge < -0.3 is 0 Å². The van der Waals surface area contributed by atoms with Crippen molar-refractivity contribution in [3.05, 3.63) is 96.1 Å². The third-order valence-corrected chi connectivity index (χ3v) is 5.94. The summed E-state index contributed by atoms with van der Waals surface area (Å²) in [7, 11) is 0. The highest BCUT2D eigenvalue weighted by Crippen LogP contribution is 2.41. The molecule has 0 spiro atoms. The van der Waals surface area contributed by atoms with Crippen LogP contribution in [-0.2, 0) is 12.8 Å². The fourth-order valence-corrected chi connectivity index (χ4v) is 4.72. The standard InChI is InChI=1S/C26H18/c1-2-8-19-17(7-1)13-14-18-15-25-22-11-5-3-9-20(22)21-10-4-6-12-23(21)26(25)16-24(18)19/h1-12,15-16H,13-14H2. The Kier molecular flexibility index (Phi) is 2.81. The summed E-state index contributed by atoms with van der Waals surface area (Å²) < 4.78 is 0. The van der Waals surface area contributed by atoms with E-state index >= 15 is 0 Å². The van der Waals surface area contributed by atoms with E-state index in [0.717, 1.165) is 12.8 Å². The van der Waals surface area contributed by atoms with Gasteiger partial charge in [0.05, 0.1) is 0 Å². The van der Waals surface area contributed by atoms with Crippen molar-refractivity contribution in [3.63, 3.8) is 0 Å². The van der Waals surface area contributed by atoms with E-state index in [0.29, 0.717) is 0 Å². The molecular formula is C26H18. The lowest BCUT2D eigenvalue weighted by atomic mass is 9.82. The van der Waals surface area contributed by atoms with Crippen molar-refractivity contribution in [2.45, 2.75) is 12.8 Å². The first kappa shape index (κ1) is 14.1. The summed E-state index contributed by atoms with van der Waals surface area (Å²) in [5, 5.41) is 8.17. The Morgan fingerprint density at radius 2 is 0.885 bits per heavy atom. The number of rotatable bonds is 0. The Hall–Kier alpha value is -3.12. The molecule has 0 saturated carbocycles. The van der Waals surface area contributed by atoms with Crippen LogP contribution in [0.1, 0.15) is 11.1 Å². The molecule has 0 fully saturated rings. The number of hydrogen-bond donors (Lipinski definition) is 0. The molecule has 0 heterocycles. The van der Waals surface area contributed by atoms with Crippen molar-refractivity contribution < 1.29 is 0 Å². The van der Waals surface area contributed by atoms with Gasteiger partial charge in [0.15, 0.2) is 0 Å². The maximum Gasteiger partial charge on any atom is -0.00926 e. The molecule has 0 bridgehead atoms. The molecule has 122 valence electrons. The number of hydrogen-bond acceptors (Lipinski definition) is 0.